The van der Waals surface area contributed by atoms with Crippen LogP contribution in [-0.4, -0.2) is 5.37 Å². The first-order valence-electron chi connectivity index (χ1n) is 4.35. The number of nitrogens with one attached hydrogen (secondary N) is 2. The van der Waals surface area contributed by atoms with Gasteiger partial charge in [-0.2, -0.15) is 12.6 Å². The quantitative estimate of drug-likeness (QED) is 0.439. The molecule has 0 bridgehead atoms. The number of hydrogen-bond acceptors (Lipinski definition) is 4. The number of hydrazine groups is 1. The van der Waals surface area contributed by atoms with Crippen LogP contribution in [0.2, 0.25) is 5.02 Å². The van der Waals surface area contributed by atoms with Gasteiger partial charge in [0.25, 0.3) is 0 Å². The molecule has 4 N–H and O–H groups in total. The highest BCUT2D eigenvalue weighted by Crippen LogP contribution is 2.36. The smallest absolute Gasteiger partial charge is 0.0772 e. The van der Waals surface area contributed by atoms with Gasteiger partial charge in [-0.05, 0) is 24.1 Å². The summed E-state index contributed by atoms with van der Waals surface area (Å²) in [5.74, 6) is 0. The van der Waals surface area contributed by atoms with E-state index in [1.54, 1.807) is 0 Å². The summed E-state index contributed by atoms with van der Waals surface area (Å²) in [7, 11) is 0. The molecule has 0 aromatic heterocycles. The summed E-state index contributed by atoms with van der Waals surface area (Å²) in [6, 6.07) is 3.88. The molecule has 14 heavy (non-hydrogen) atoms. The Morgan fingerprint density at radius 2 is 2.29 bits per heavy atom. The fourth-order valence-electron chi connectivity index (χ4n) is 1.63. The van der Waals surface area contributed by atoms with Crippen LogP contribution >= 0.6 is 24.2 Å². The summed E-state index contributed by atoms with van der Waals surface area (Å²) in [5, 5.41) is 0.524. The van der Waals surface area contributed by atoms with Crippen LogP contribution in [0, 0.1) is 6.92 Å². The third-order valence-electron chi connectivity index (χ3n) is 2.46. The SMILES string of the molecule is Cc1c(Cl)ccc2c1NNC2C(N)S. The Hall–Kier alpha value is -0.420. The van der Waals surface area contributed by atoms with Crippen molar-refractivity contribution in [1.29, 1.82) is 0 Å². The van der Waals surface area contributed by atoms with E-state index in [9.17, 15) is 0 Å². The van der Waals surface area contributed by atoms with Crippen molar-refractivity contribution in [2.24, 2.45) is 5.73 Å². The summed E-state index contributed by atoms with van der Waals surface area (Å²) in [6.45, 7) is 1.97. The molecule has 0 amide bonds. The Labute approximate surface area is 93.4 Å². The minimum Gasteiger partial charge on any atom is -0.320 e. The average molecular weight is 230 g/mol. The molecule has 2 rings (SSSR count). The van der Waals surface area contributed by atoms with E-state index < -0.39 is 0 Å². The van der Waals surface area contributed by atoms with Gasteiger partial charge >= 0.3 is 0 Å². The number of hydrogen-bond donors (Lipinski definition) is 4. The van der Waals surface area contributed by atoms with Crippen molar-refractivity contribution in [2.75, 3.05) is 5.43 Å². The van der Waals surface area contributed by atoms with E-state index in [2.05, 4.69) is 23.5 Å². The molecular formula is C9H12ClN3S. The molecule has 0 radical (unpaired) electrons. The van der Waals surface area contributed by atoms with Crippen molar-refractivity contribution in [3.8, 4) is 0 Å². The van der Waals surface area contributed by atoms with Gasteiger partial charge in [-0.15, -0.1) is 0 Å². The van der Waals surface area contributed by atoms with Crippen molar-refractivity contribution in [3.63, 3.8) is 0 Å². The Kier molecular flexibility index (Phi) is 2.62. The van der Waals surface area contributed by atoms with Crippen molar-refractivity contribution in [3.05, 3.63) is 28.3 Å². The van der Waals surface area contributed by atoms with Gasteiger partial charge in [-0.25, -0.2) is 5.43 Å². The highest BCUT2D eigenvalue weighted by Gasteiger charge is 2.26. The highest BCUT2D eigenvalue weighted by atomic mass is 35.5. The third kappa shape index (κ3) is 1.48. The molecule has 0 aliphatic carbocycles. The zero-order valence-corrected chi connectivity index (χ0v) is 9.36. The number of benzene rings is 1. The molecule has 5 heteroatoms. The number of fused-ring (bicyclic) bond motifs is 1. The molecule has 3 nitrogen and oxygen atoms in total. The number of thiol groups is 1. The molecule has 1 aliphatic rings. The van der Waals surface area contributed by atoms with Gasteiger partial charge in [0.15, 0.2) is 0 Å². The van der Waals surface area contributed by atoms with E-state index in [1.807, 2.05) is 19.1 Å². The lowest BCUT2D eigenvalue weighted by atomic mass is 10.0. The van der Waals surface area contributed by atoms with E-state index in [0.717, 1.165) is 21.8 Å². The second-order valence-corrected chi connectivity index (χ2v) is 4.38. The number of nitrogens with two attached hydrogens (primary N) is 1. The molecule has 1 aliphatic heterocycles. The van der Waals surface area contributed by atoms with Crippen LogP contribution < -0.4 is 16.6 Å². The van der Waals surface area contributed by atoms with Crippen molar-refractivity contribution < 1.29 is 0 Å². The predicted molar refractivity (Wildman–Crippen MR) is 62.6 cm³/mol. The van der Waals surface area contributed by atoms with Gasteiger partial charge in [-0.3, -0.25) is 0 Å². The van der Waals surface area contributed by atoms with E-state index in [4.69, 9.17) is 17.3 Å². The number of halogens is 1. The summed E-state index contributed by atoms with van der Waals surface area (Å²) >= 11 is 10.2. The van der Waals surface area contributed by atoms with Crippen LogP contribution in [0.3, 0.4) is 0 Å². The van der Waals surface area contributed by atoms with E-state index >= 15 is 0 Å². The normalized spacial score (nSPS) is 21.6. The van der Waals surface area contributed by atoms with E-state index in [1.165, 1.54) is 0 Å². The first-order chi connectivity index (χ1) is 6.61. The van der Waals surface area contributed by atoms with E-state index in [0.29, 0.717) is 0 Å². The van der Waals surface area contributed by atoms with Crippen LogP contribution in [0.5, 0.6) is 0 Å². The lowest BCUT2D eigenvalue weighted by Crippen LogP contribution is -2.31. The summed E-state index contributed by atoms with van der Waals surface area (Å²) in [6.07, 6.45) is 0. The van der Waals surface area contributed by atoms with E-state index in [-0.39, 0.29) is 11.4 Å². The Balaban J connectivity index is 2.48. The zero-order chi connectivity index (χ0) is 10.3. The molecule has 2 atom stereocenters. The molecule has 76 valence electrons. The van der Waals surface area contributed by atoms with Gasteiger partial charge in [0.2, 0.25) is 0 Å². The highest BCUT2D eigenvalue weighted by molar-refractivity contribution is 7.80. The van der Waals surface area contributed by atoms with Gasteiger partial charge in [-0.1, -0.05) is 17.7 Å². The lowest BCUT2D eigenvalue weighted by Gasteiger charge is -2.13. The Morgan fingerprint density at radius 3 is 2.93 bits per heavy atom. The molecule has 0 fully saturated rings. The summed E-state index contributed by atoms with van der Waals surface area (Å²) in [5.41, 5.74) is 15.1. The first kappa shape index (κ1) is 10.1. The Bertz CT molecular complexity index is 367. The summed E-state index contributed by atoms with van der Waals surface area (Å²) < 4.78 is 0. The van der Waals surface area contributed by atoms with Gasteiger partial charge in [0.1, 0.15) is 0 Å². The number of rotatable bonds is 1. The second kappa shape index (κ2) is 3.62. The molecule has 0 saturated heterocycles. The minimum absolute atomic E-state index is 0.0318. The average Bonchev–Trinajstić information content (AvgIpc) is 2.55. The van der Waals surface area contributed by atoms with Gasteiger partial charge < -0.3 is 11.2 Å². The largest absolute Gasteiger partial charge is 0.320 e. The van der Waals surface area contributed by atoms with Gasteiger partial charge in [0, 0.05) is 5.02 Å². The molecule has 1 aromatic carbocycles. The molecule has 2 unspecified atom stereocenters. The van der Waals surface area contributed by atoms with Crippen LogP contribution in [-0.2, 0) is 0 Å². The minimum atomic E-state index is -0.232. The molecule has 1 aromatic rings. The van der Waals surface area contributed by atoms with Gasteiger partial charge in [0.05, 0.1) is 17.1 Å². The number of anilines is 1. The zero-order valence-electron chi connectivity index (χ0n) is 7.71. The fraction of sp³-hybridized carbons (Fsp3) is 0.333. The van der Waals surface area contributed by atoms with Crippen LogP contribution in [0.25, 0.3) is 0 Å². The monoisotopic (exact) mass is 229 g/mol. The molecule has 0 spiro atoms. The summed E-state index contributed by atoms with van der Waals surface area (Å²) in [4.78, 5) is 0. The molecule has 0 saturated carbocycles. The van der Waals surface area contributed by atoms with Crippen LogP contribution in [0.4, 0.5) is 5.69 Å². The fourth-order valence-corrected chi connectivity index (χ4v) is 2.02. The topological polar surface area (TPSA) is 50.1 Å². The van der Waals surface area contributed by atoms with Crippen LogP contribution in [0.15, 0.2) is 12.1 Å². The Morgan fingerprint density at radius 1 is 1.57 bits per heavy atom. The standard InChI is InChI=1S/C9H12ClN3S/c1-4-6(10)3-2-5-7(4)12-13-8(5)9(11)14/h2-3,8-9,12-14H,11H2,1H3. The van der Waals surface area contributed by atoms with Crippen molar-refractivity contribution in [1.82, 2.24) is 5.43 Å². The maximum Gasteiger partial charge on any atom is 0.0772 e. The van der Waals surface area contributed by atoms with Crippen molar-refractivity contribution in [2.45, 2.75) is 18.3 Å². The van der Waals surface area contributed by atoms with Crippen LogP contribution in [0.1, 0.15) is 17.2 Å². The first-order valence-corrected chi connectivity index (χ1v) is 5.25. The second-order valence-electron chi connectivity index (χ2n) is 3.37. The molecule has 1 heterocycles. The maximum absolute atomic E-state index is 6.00. The molecular weight excluding hydrogens is 218 g/mol. The van der Waals surface area contributed by atoms with Crippen molar-refractivity contribution >= 4 is 29.9 Å². The maximum atomic E-state index is 6.00. The third-order valence-corrected chi connectivity index (χ3v) is 3.17. The lowest BCUT2D eigenvalue weighted by molar-refractivity contribution is 0.607. The predicted octanol–water partition coefficient (Wildman–Crippen LogP) is 1.83.